The molecule has 0 atom stereocenters. The Morgan fingerprint density at radius 3 is 2.84 bits per heavy atom. The van der Waals surface area contributed by atoms with E-state index in [0.717, 1.165) is 12.3 Å². The van der Waals surface area contributed by atoms with Crippen LogP contribution in [0.25, 0.3) is 0 Å². The highest BCUT2D eigenvalue weighted by Crippen LogP contribution is 2.19. The van der Waals surface area contributed by atoms with Gasteiger partial charge in [0.05, 0.1) is 11.5 Å². The Morgan fingerprint density at radius 1 is 1.58 bits per heavy atom. The van der Waals surface area contributed by atoms with Crippen LogP contribution in [0.4, 0.5) is 10.5 Å². The van der Waals surface area contributed by atoms with E-state index in [1.165, 1.54) is 0 Å². The van der Waals surface area contributed by atoms with Gasteiger partial charge in [-0.25, -0.2) is 9.78 Å². The van der Waals surface area contributed by atoms with E-state index in [1.807, 2.05) is 0 Å². The van der Waals surface area contributed by atoms with Gasteiger partial charge in [-0.05, 0) is 6.07 Å². The van der Waals surface area contributed by atoms with E-state index < -0.39 is 22.6 Å². The zero-order valence-corrected chi connectivity index (χ0v) is 10.2. The van der Waals surface area contributed by atoms with Crippen LogP contribution in [0.3, 0.4) is 0 Å². The number of nitro groups is 1. The van der Waals surface area contributed by atoms with Crippen molar-refractivity contribution >= 4 is 29.3 Å². The van der Waals surface area contributed by atoms with Crippen molar-refractivity contribution in [3.05, 3.63) is 33.1 Å². The summed E-state index contributed by atoms with van der Waals surface area (Å²) in [5.74, 6) is -0.732. The number of nitrogens with two attached hydrogens (primary N) is 1. The summed E-state index contributed by atoms with van der Waals surface area (Å²) in [5, 5.41) is 13.0. The van der Waals surface area contributed by atoms with Gasteiger partial charge in [0.15, 0.2) is 0 Å². The molecule has 0 unspecified atom stereocenters. The van der Waals surface area contributed by atoms with Crippen LogP contribution in [0.1, 0.15) is 10.4 Å². The average molecular weight is 289 g/mol. The highest BCUT2D eigenvalue weighted by atomic mass is 35.5. The predicted octanol–water partition coefficient (Wildman–Crippen LogP) is 0.468. The second-order valence-corrected chi connectivity index (χ2v) is 3.59. The monoisotopic (exact) mass is 288 g/mol. The average Bonchev–Trinajstić information content (AvgIpc) is 2.33. The van der Waals surface area contributed by atoms with Gasteiger partial charge in [0, 0.05) is 0 Å². The molecular formula is C9H9ClN4O5. The number of halogens is 1. The minimum atomic E-state index is -0.979. The molecule has 2 amide bonds. The third-order valence-electron chi connectivity index (χ3n) is 1.92. The molecule has 0 fully saturated rings. The number of rotatable bonds is 5. The highest BCUT2D eigenvalue weighted by molar-refractivity contribution is 6.29. The van der Waals surface area contributed by atoms with Crippen LogP contribution in [0.5, 0.6) is 0 Å². The zero-order valence-electron chi connectivity index (χ0n) is 9.46. The van der Waals surface area contributed by atoms with Gasteiger partial charge in [-0.2, -0.15) is 0 Å². The largest absolute Gasteiger partial charge is 0.448 e. The van der Waals surface area contributed by atoms with Gasteiger partial charge in [0.1, 0.15) is 23.5 Å². The number of pyridine rings is 1. The second kappa shape index (κ2) is 6.50. The fraction of sp³-hybridized carbons (Fsp3) is 0.222. The van der Waals surface area contributed by atoms with E-state index >= 15 is 0 Å². The summed E-state index contributed by atoms with van der Waals surface area (Å²) in [6.45, 7) is -0.188. The van der Waals surface area contributed by atoms with Gasteiger partial charge in [0.25, 0.3) is 11.6 Å². The maximum absolute atomic E-state index is 11.7. The first-order valence-corrected chi connectivity index (χ1v) is 5.30. The number of hydrogen-bond donors (Lipinski definition) is 2. The van der Waals surface area contributed by atoms with Gasteiger partial charge in [0.2, 0.25) is 0 Å². The number of primary amides is 1. The fourth-order valence-corrected chi connectivity index (χ4v) is 1.32. The number of ether oxygens (including phenoxy) is 1. The molecule has 0 bridgehead atoms. The van der Waals surface area contributed by atoms with Crippen LogP contribution in [0.2, 0.25) is 5.15 Å². The molecule has 0 saturated carbocycles. The van der Waals surface area contributed by atoms with Crippen molar-refractivity contribution in [1.29, 1.82) is 0 Å². The first kappa shape index (κ1) is 14.6. The second-order valence-electron chi connectivity index (χ2n) is 3.20. The van der Waals surface area contributed by atoms with Gasteiger partial charge < -0.3 is 15.8 Å². The molecule has 19 heavy (non-hydrogen) atoms. The number of nitrogens with one attached hydrogen (secondary N) is 1. The molecule has 9 nitrogen and oxygen atoms in total. The molecule has 1 aromatic heterocycles. The smallest absolute Gasteiger partial charge is 0.404 e. The molecule has 1 rings (SSSR count). The van der Waals surface area contributed by atoms with Crippen molar-refractivity contribution in [2.75, 3.05) is 13.2 Å². The van der Waals surface area contributed by atoms with Crippen LogP contribution >= 0.6 is 11.6 Å². The summed E-state index contributed by atoms with van der Waals surface area (Å²) < 4.78 is 4.38. The van der Waals surface area contributed by atoms with Crippen LogP contribution in [-0.2, 0) is 4.74 Å². The number of amides is 2. The van der Waals surface area contributed by atoms with Crippen LogP contribution < -0.4 is 11.1 Å². The lowest BCUT2D eigenvalue weighted by Crippen LogP contribution is -2.29. The lowest BCUT2D eigenvalue weighted by molar-refractivity contribution is -0.385. The molecule has 0 radical (unpaired) electrons. The summed E-state index contributed by atoms with van der Waals surface area (Å²) in [6.07, 6.45) is -0.0934. The maximum Gasteiger partial charge on any atom is 0.404 e. The fourth-order valence-electron chi connectivity index (χ4n) is 1.16. The minimum Gasteiger partial charge on any atom is -0.448 e. The van der Waals surface area contributed by atoms with Crippen molar-refractivity contribution in [3.8, 4) is 0 Å². The molecule has 0 saturated heterocycles. The minimum absolute atomic E-state index is 0.0428. The third-order valence-corrected chi connectivity index (χ3v) is 2.13. The number of carbonyl (C=O) groups excluding carboxylic acids is 2. The van der Waals surface area contributed by atoms with E-state index in [0.29, 0.717) is 0 Å². The summed E-state index contributed by atoms with van der Waals surface area (Å²) in [7, 11) is 0. The first-order valence-electron chi connectivity index (χ1n) is 4.92. The molecule has 10 heteroatoms. The van der Waals surface area contributed by atoms with Crippen molar-refractivity contribution in [2.45, 2.75) is 0 Å². The Morgan fingerprint density at radius 2 is 2.26 bits per heavy atom. The number of carbonyl (C=O) groups is 2. The van der Waals surface area contributed by atoms with E-state index in [4.69, 9.17) is 17.3 Å². The lowest BCUT2D eigenvalue weighted by Gasteiger charge is -2.05. The number of aromatic nitrogens is 1. The SMILES string of the molecule is NC(=O)OCCNC(=O)c1cc(Cl)ncc1[N+](=O)[O-]. The summed E-state index contributed by atoms with van der Waals surface area (Å²) in [4.78, 5) is 35.4. The van der Waals surface area contributed by atoms with Crippen molar-refractivity contribution < 1.29 is 19.2 Å². The van der Waals surface area contributed by atoms with Gasteiger partial charge in [-0.1, -0.05) is 11.6 Å². The topological polar surface area (TPSA) is 137 Å². The Labute approximate surface area is 111 Å². The summed E-state index contributed by atoms with van der Waals surface area (Å²) >= 11 is 5.57. The van der Waals surface area contributed by atoms with Crippen LogP contribution in [-0.4, -0.2) is 35.1 Å². The predicted molar refractivity (Wildman–Crippen MR) is 63.8 cm³/mol. The molecule has 0 aliphatic carbocycles. The van der Waals surface area contributed by atoms with E-state index in [9.17, 15) is 19.7 Å². The Kier molecular flexibility index (Phi) is 5.01. The molecular weight excluding hydrogens is 280 g/mol. The van der Waals surface area contributed by atoms with Crippen LogP contribution in [0, 0.1) is 10.1 Å². The zero-order chi connectivity index (χ0) is 14.4. The van der Waals surface area contributed by atoms with Gasteiger partial charge in [-0.3, -0.25) is 14.9 Å². The molecule has 0 spiro atoms. The van der Waals surface area contributed by atoms with E-state index in [2.05, 4.69) is 15.0 Å². The Balaban J connectivity index is 2.73. The summed E-state index contributed by atoms with van der Waals surface area (Å²) in [5.41, 5.74) is 4.01. The molecule has 1 heterocycles. The molecule has 3 N–H and O–H groups in total. The number of nitrogens with zero attached hydrogens (tertiary/aromatic N) is 2. The Hall–Kier alpha value is -2.42. The van der Waals surface area contributed by atoms with Crippen molar-refractivity contribution in [3.63, 3.8) is 0 Å². The molecule has 1 aromatic rings. The molecule has 0 aliphatic heterocycles. The normalized spacial score (nSPS) is 9.74. The van der Waals surface area contributed by atoms with Crippen LogP contribution in [0.15, 0.2) is 12.3 Å². The van der Waals surface area contributed by atoms with Crippen molar-refractivity contribution in [2.24, 2.45) is 5.73 Å². The van der Waals surface area contributed by atoms with Gasteiger partial charge in [-0.15, -0.1) is 0 Å². The van der Waals surface area contributed by atoms with Gasteiger partial charge >= 0.3 is 6.09 Å². The first-order chi connectivity index (χ1) is 8.91. The third kappa shape index (κ3) is 4.39. The maximum atomic E-state index is 11.7. The van der Waals surface area contributed by atoms with E-state index in [-0.39, 0.29) is 23.9 Å². The quantitative estimate of drug-likeness (QED) is 0.349. The highest BCUT2D eigenvalue weighted by Gasteiger charge is 2.21. The summed E-state index contributed by atoms with van der Waals surface area (Å²) in [6, 6.07) is 1.07. The lowest BCUT2D eigenvalue weighted by atomic mass is 10.2. The Bertz CT molecular complexity index is 521. The molecule has 0 aromatic carbocycles. The molecule has 102 valence electrons. The van der Waals surface area contributed by atoms with E-state index in [1.54, 1.807) is 0 Å². The molecule has 0 aliphatic rings. The standard InChI is InChI=1S/C9H9ClN4O5/c10-7-3-5(6(4-13-7)14(17)18)8(15)12-1-2-19-9(11)16/h3-4H,1-2H2,(H2,11,16)(H,12,15). The number of hydrogen-bond acceptors (Lipinski definition) is 6. The van der Waals surface area contributed by atoms with Crippen molar-refractivity contribution in [1.82, 2.24) is 10.3 Å².